The van der Waals surface area contributed by atoms with Gasteiger partial charge in [-0.15, -0.1) is 0 Å². The van der Waals surface area contributed by atoms with Crippen LogP contribution in [0.25, 0.3) is 10.9 Å². The average Bonchev–Trinajstić information content (AvgIpc) is 2.96. The lowest BCUT2D eigenvalue weighted by molar-refractivity contribution is 0.101. The Balaban J connectivity index is 2.15. The largest absolute Gasteiger partial charge is 0.344 e. The minimum atomic E-state index is 0.153. The van der Waals surface area contributed by atoms with Gasteiger partial charge < -0.3 is 4.57 Å². The molecule has 2 heteroatoms. The zero-order valence-electron chi connectivity index (χ0n) is 10.1. The lowest BCUT2D eigenvalue weighted by atomic mass is 10.1. The topological polar surface area (TPSA) is 22.0 Å². The molecule has 1 aliphatic rings. The first-order valence-corrected chi connectivity index (χ1v) is 6.38. The lowest BCUT2D eigenvalue weighted by Crippen LogP contribution is -2.02. The predicted octanol–water partition coefficient (Wildman–Crippen LogP) is 3.96. The van der Waals surface area contributed by atoms with Crippen molar-refractivity contribution < 1.29 is 4.79 Å². The van der Waals surface area contributed by atoms with E-state index in [0.29, 0.717) is 6.04 Å². The highest BCUT2D eigenvalue weighted by atomic mass is 16.1. The van der Waals surface area contributed by atoms with Crippen molar-refractivity contribution in [2.24, 2.45) is 0 Å². The molecule has 1 aliphatic carbocycles. The molecule has 1 saturated carbocycles. The molecule has 0 saturated heterocycles. The van der Waals surface area contributed by atoms with Crippen LogP contribution < -0.4 is 0 Å². The van der Waals surface area contributed by atoms with Crippen molar-refractivity contribution in [3.63, 3.8) is 0 Å². The molecule has 2 aromatic rings. The summed E-state index contributed by atoms with van der Waals surface area (Å²) in [5.41, 5.74) is 2.06. The van der Waals surface area contributed by atoms with Crippen molar-refractivity contribution in [3.05, 3.63) is 36.0 Å². The number of Topliss-reactive ketones (excluding diaryl/α,β-unsaturated/α-hetero) is 1. The highest BCUT2D eigenvalue weighted by Gasteiger charge is 2.19. The molecule has 2 nitrogen and oxygen atoms in total. The van der Waals surface area contributed by atoms with E-state index in [4.69, 9.17) is 0 Å². The number of aromatic nitrogens is 1. The zero-order valence-corrected chi connectivity index (χ0v) is 10.1. The lowest BCUT2D eigenvalue weighted by Gasteiger charge is -2.13. The van der Waals surface area contributed by atoms with E-state index in [1.807, 2.05) is 12.1 Å². The van der Waals surface area contributed by atoms with Crippen molar-refractivity contribution in [1.29, 1.82) is 0 Å². The minimum Gasteiger partial charge on any atom is -0.344 e. The highest BCUT2D eigenvalue weighted by molar-refractivity contribution is 6.06. The second kappa shape index (κ2) is 4.02. The normalized spacial score (nSPS) is 16.8. The van der Waals surface area contributed by atoms with Gasteiger partial charge in [0.25, 0.3) is 0 Å². The number of rotatable bonds is 2. The summed E-state index contributed by atoms with van der Waals surface area (Å²) in [4.78, 5) is 11.6. The number of hydrogen-bond donors (Lipinski definition) is 0. The molecule has 0 N–H and O–H groups in total. The fourth-order valence-electron chi connectivity index (χ4n) is 3.00. The van der Waals surface area contributed by atoms with Crippen LogP contribution in [-0.4, -0.2) is 10.4 Å². The first-order valence-electron chi connectivity index (χ1n) is 6.38. The Morgan fingerprint density at radius 2 is 2.00 bits per heavy atom. The zero-order chi connectivity index (χ0) is 11.8. The fraction of sp³-hybridized carbons (Fsp3) is 0.400. The van der Waals surface area contributed by atoms with Crippen LogP contribution in [0, 0.1) is 0 Å². The highest BCUT2D eigenvalue weighted by Crippen LogP contribution is 2.33. The molecule has 1 aromatic carbocycles. The minimum absolute atomic E-state index is 0.153. The van der Waals surface area contributed by atoms with Gasteiger partial charge in [-0.05, 0) is 31.9 Å². The van der Waals surface area contributed by atoms with Gasteiger partial charge in [0.05, 0.1) is 0 Å². The van der Waals surface area contributed by atoms with Gasteiger partial charge in [-0.2, -0.15) is 0 Å². The number of benzene rings is 1. The Morgan fingerprint density at radius 1 is 1.24 bits per heavy atom. The molecule has 1 aromatic heterocycles. The summed E-state index contributed by atoms with van der Waals surface area (Å²) >= 11 is 0. The molecule has 0 radical (unpaired) electrons. The van der Waals surface area contributed by atoms with Crippen molar-refractivity contribution >= 4 is 16.7 Å². The van der Waals surface area contributed by atoms with E-state index in [1.165, 1.54) is 31.2 Å². The van der Waals surface area contributed by atoms with Gasteiger partial charge in [-0.3, -0.25) is 4.79 Å². The molecular weight excluding hydrogens is 210 g/mol. The van der Waals surface area contributed by atoms with E-state index in [2.05, 4.69) is 22.9 Å². The van der Waals surface area contributed by atoms with E-state index in [0.717, 1.165) is 10.9 Å². The average molecular weight is 227 g/mol. The maximum Gasteiger partial charge on any atom is 0.160 e. The van der Waals surface area contributed by atoms with Gasteiger partial charge in [0.15, 0.2) is 5.78 Å². The first-order chi connectivity index (χ1) is 8.27. The van der Waals surface area contributed by atoms with Gasteiger partial charge in [-0.25, -0.2) is 0 Å². The molecule has 0 unspecified atom stereocenters. The number of hydrogen-bond acceptors (Lipinski definition) is 1. The number of nitrogens with zero attached hydrogens (tertiary/aromatic N) is 1. The number of ketones is 1. The monoisotopic (exact) mass is 227 g/mol. The van der Waals surface area contributed by atoms with Gasteiger partial charge in [0.2, 0.25) is 0 Å². The quantitative estimate of drug-likeness (QED) is 0.712. The second-order valence-electron chi connectivity index (χ2n) is 4.96. The van der Waals surface area contributed by atoms with E-state index in [-0.39, 0.29) is 5.78 Å². The van der Waals surface area contributed by atoms with Crippen LogP contribution in [0.3, 0.4) is 0 Å². The van der Waals surface area contributed by atoms with Crippen molar-refractivity contribution in [3.8, 4) is 0 Å². The fourth-order valence-corrected chi connectivity index (χ4v) is 3.00. The van der Waals surface area contributed by atoms with Crippen LogP contribution in [0.1, 0.15) is 49.0 Å². The van der Waals surface area contributed by atoms with Gasteiger partial charge >= 0.3 is 0 Å². The van der Waals surface area contributed by atoms with Crippen LogP contribution in [0.4, 0.5) is 0 Å². The summed E-state index contributed by atoms with van der Waals surface area (Å²) in [5, 5.41) is 1.10. The van der Waals surface area contributed by atoms with Gasteiger partial charge in [0, 0.05) is 28.7 Å². The van der Waals surface area contributed by atoms with E-state index in [1.54, 1.807) is 6.92 Å². The summed E-state index contributed by atoms with van der Waals surface area (Å²) in [6.45, 7) is 1.64. The summed E-state index contributed by atoms with van der Waals surface area (Å²) in [7, 11) is 0. The van der Waals surface area contributed by atoms with Crippen LogP contribution >= 0.6 is 0 Å². The maximum absolute atomic E-state index is 11.6. The molecule has 88 valence electrons. The molecule has 0 spiro atoms. The number of fused-ring (bicyclic) bond motifs is 1. The molecule has 0 aliphatic heterocycles. The van der Waals surface area contributed by atoms with Gasteiger partial charge in [0.1, 0.15) is 0 Å². The molecule has 0 amide bonds. The van der Waals surface area contributed by atoms with Crippen molar-refractivity contribution in [1.82, 2.24) is 4.57 Å². The SMILES string of the molecule is CC(=O)c1cccc2c1ccn2C1CCCC1. The third-order valence-electron chi connectivity index (χ3n) is 3.86. The molecule has 17 heavy (non-hydrogen) atoms. The van der Waals surface area contributed by atoms with Crippen LogP contribution in [-0.2, 0) is 0 Å². The Morgan fingerprint density at radius 3 is 2.71 bits per heavy atom. The predicted molar refractivity (Wildman–Crippen MR) is 69.4 cm³/mol. The Bertz CT molecular complexity index is 561. The molecule has 1 fully saturated rings. The summed E-state index contributed by atoms with van der Waals surface area (Å²) in [6.07, 6.45) is 7.35. The van der Waals surface area contributed by atoms with Gasteiger partial charge in [-0.1, -0.05) is 25.0 Å². The molecular formula is C15H17NO. The van der Waals surface area contributed by atoms with E-state index < -0.39 is 0 Å². The van der Waals surface area contributed by atoms with Crippen molar-refractivity contribution in [2.45, 2.75) is 38.6 Å². The van der Waals surface area contributed by atoms with E-state index in [9.17, 15) is 4.79 Å². The Labute approximate surface area is 101 Å². The van der Waals surface area contributed by atoms with E-state index >= 15 is 0 Å². The molecule has 3 rings (SSSR count). The summed E-state index contributed by atoms with van der Waals surface area (Å²) in [6, 6.07) is 8.76. The summed E-state index contributed by atoms with van der Waals surface area (Å²) < 4.78 is 2.36. The molecule has 1 heterocycles. The third-order valence-corrected chi connectivity index (χ3v) is 3.86. The maximum atomic E-state index is 11.6. The molecule has 0 atom stereocenters. The number of carbonyl (C=O) groups excluding carboxylic acids is 1. The van der Waals surface area contributed by atoms with Crippen LogP contribution in [0.5, 0.6) is 0 Å². The Kier molecular flexibility index (Phi) is 2.50. The van der Waals surface area contributed by atoms with Crippen LogP contribution in [0.2, 0.25) is 0 Å². The summed E-state index contributed by atoms with van der Waals surface area (Å²) in [5.74, 6) is 0.153. The smallest absolute Gasteiger partial charge is 0.160 e. The standard InChI is InChI=1S/C15H17NO/c1-11(17)13-7-4-8-15-14(13)9-10-16(15)12-5-2-3-6-12/h4,7-10,12H,2-3,5-6H2,1H3. The molecule has 0 bridgehead atoms. The number of carbonyl (C=O) groups is 1. The Hall–Kier alpha value is -1.57. The van der Waals surface area contributed by atoms with Crippen LogP contribution in [0.15, 0.2) is 30.5 Å². The first kappa shape index (κ1) is 10.6. The van der Waals surface area contributed by atoms with Crippen molar-refractivity contribution in [2.75, 3.05) is 0 Å². The third kappa shape index (κ3) is 1.68. The second-order valence-corrected chi connectivity index (χ2v) is 4.96.